The zero-order chi connectivity index (χ0) is 17.4. The van der Waals surface area contributed by atoms with E-state index < -0.39 is 13.4 Å². The summed E-state index contributed by atoms with van der Waals surface area (Å²) in [7, 11) is -3.37. The Morgan fingerprint density at radius 1 is 0.958 bits per heavy atom. The van der Waals surface area contributed by atoms with Crippen LogP contribution in [-0.2, 0) is 20.2 Å². The summed E-state index contributed by atoms with van der Waals surface area (Å²) >= 11 is 0. The molecular formula is C18H24NO4P. The van der Waals surface area contributed by atoms with E-state index in [9.17, 15) is 4.57 Å². The Hall–Kier alpha value is -1.65. The van der Waals surface area contributed by atoms with Gasteiger partial charge in [0.2, 0.25) is 0 Å². The molecule has 0 unspecified atom stereocenters. The van der Waals surface area contributed by atoms with Crippen LogP contribution in [0.15, 0.2) is 54.6 Å². The Labute approximate surface area is 143 Å². The number of hydrogen-bond acceptors (Lipinski definition) is 5. The van der Waals surface area contributed by atoms with Crippen molar-refractivity contribution in [1.29, 1.82) is 0 Å². The van der Waals surface area contributed by atoms with Gasteiger partial charge in [-0.3, -0.25) is 4.57 Å². The Morgan fingerprint density at radius 3 is 2.08 bits per heavy atom. The van der Waals surface area contributed by atoms with Crippen LogP contribution in [0.3, 0.4) is 0 Å². The number of benzene rings is 2. The van der Waals surface area contributed by atoms with Crippen LogP contribution in [0.1, 0.15) is 30.8 Å². The van der Waals surface area contributed by atoms with Gasteiger partial charge in [0.05, 0.1) is 13.2 Å². The molecular weight excluding hydrogens is 325 g/mol. The van der Waals surface area contributed by atoms with Crippen LogP contribution in [0.25, 0.3) is 0 Å². The highest BCUT2D eigenvalue weighted by Crippen LogP contribution is 2.58. The maximum absolute atomic E-state index is 12.7. The molecule has 0 aliphatic heterocycles. The molecule has 0 bridgehead atoms. The molecule has 2 aromatic rings. The predicted octanol–water partition coefficient (Wildman–Crippen LogP) is 4.49. The third-order valence-corrected chi connectivity index (χ3v) is 5.64. The second-order valence-electron chi connectivity index (χ2n) is 5.16. The van der Waals surface area contributed by atoms with E-state index in [1.54, 1.807) is 38.1 Å². The monoisotopic (exact) mass is 349 g/mol. The minimum atomic E-state index is -3.37. The Kier molecular flexibility index (Phi) is 7.00. The van der Waals surface area contributed by atoms with E-state index in [-0.39, 0.29) is 13.2 Å². The summed E-state index contributed by atoms with van der Waals surface area (Å²) in [4.78, 5) is 0. The van der Waals surface area contributed by atoms with Crippen LogP contribution in [-0.4, -0.2) is 13.2 Å². The lowest BCUT2D eigenvalue weighted by Crippen LogP contribution is -2.15. The second kappa shape index (κ2) is 9.00. The molecule has 0 aliphatic rings. The molecule has 0 spiro atoms. The summed E-state index contributed by atoms with van der Waals surface area (Å²) in [6.07, 6.45) is 0. The van der Waals surface area contributed by atoms with E-state index in [2.05, 4.69) is 0 Å². The van der Waals surface area contributed by atoms with Crippen molar-refractivity contribution in [1.82, 2.24) is 0 Å². The minimum Gasteiger partial charge on any atom is -0.489 e. The summed E-state index contributed by atoms with van der Waals surface area (Å²) in [5.74, 6) is -0.0990. The van der Waals surface area contributed by atoms with Gasteiger partial charge in [-0.1, -0.05) is 42.5 Å². The van der Waals surface area contributed by atoms with Crippen LogP contribution in [0.4, 0.5) is 0 Å². The molecule has 24 heavy (non-hydrogen) atoms. The van der Waals surface area contributed by atoms with Crippen molar-refractivity contribution in [2.45, 2.75) is 26.2 Å². The molecule has 0 fully saturated rings. The fourth-order valence-corrected chi connectivity index (χ4v) is 3.90. The molecule has 0 saturated heterocycles. The largest absolute Gasteiger partial charge is 0.489 e. The number of hydrogen-bond donors (Lipinski definition) is 1. The highest BCUT2D eigenvalue weighted by atomic mass is 31.2. The van der Waals surface area contributed by atoms with Gasteiger partial charge in [0.15, 0.2) is 0 Å². The van der Waals surface area contributed by atoms with E-state index in [0.29, 0.717) is 12.2 Å². The molecule has 0 amide bonds. The van der Waals surface area contributed by atoms with Crippen molar-refractivity contribution in [2.24, 2.45) is 5.73 Å². The summed E-state index contributed by atoms with van der Waals surface area (Å²) in [5.41, 5.74) is 7.89. The molecule has 6 heteroatoms. The molecule has 0 aliphatic carbocycles. The standard InChI is InChI=1S/C18H24NO4P/c1-3-22-24(20,23-4-2)18(19)16-10-12-17(13-11-16)21-14-15-8-6-5-7-9-15/h5-13,18H,3-4,14,19H2,1-2H3/t18-/m0/s1. The van der Waals surface area contributed by atoms with Gasteiger partial charge in [-0.25, -0.2) is 0 Å². The summed E-state index contributed by atoms with van der Waals surface area (Å²) in [6, 6.07) is 17.1. The maximum Gasteiger partial charge on any atom is 0.351 e. The van der Waals surface area contributed by atoms with Gasteiger partial charge in [-0.2, -0.15) is 0 Å². The van der Waals surface area contributed by atoms with Gasteiger partial charge in [0.25, 0.3) is 0 Å². The first-order valence-electron chi connectivity index (χ1n) is 8.00. The van der Waals surface area contributed by atoms with Crippen molar-refractivity contribution in [2.75, 3.05) is 13.2 Å². The number of ether oxygens (including phenoxy) is 1. The molecule has 0 radical (unpaired) electrons. The van der Waals surface area contributed by atoms with Gasteiger partial charge in [0.1, 0.15) is 18.1 Å². The third-order valence-electron chi connectivity index (χ3n) is 3.43. The van der Waals surface area contributed by atoms with Crippen molar-refractivity contribution in [3.05, 3.63) is 65.7 Å². The molecule has 2 rings (SSSR count). The van der Waals surface area contributed by atoms with Crippen LogP contribution in [0.5, 0.6) is 5.75 Å². The lowest BCUT2D eigenvalue weighted by Gasteiger charge is -2.23. The van der Waals surface area contributed by atoms with Crippen LogP contribution >= 0.6 is 7.60 Å². The predicted molar refractivity (Wildman–Crippen MR) is 95.0 cm³/mol. The van der Waals surface area contributed by atoms with E-state index in [1.165, 1.54) is 0 Å². The quantitative estimate of drug-likeness (QED) is 0.676. The first kappa shape index (κ1) is 18.7. The normalized spacial score (nSPS) is 12.8. The molecule has 130 valence electrons. The number of nitrogens with two attached hydrogens (primary N) is 1. The Balaban J connectivity index is 2.03. The lowest BCUT2D eigenvalue weighted by molar-refractivity contribution is 0.212. The Bertz CT molecular complexity index is 650. The fourth-order valence-electron chi connectivity index (χ4n) is 2.24. The Morgan fingerprint density at radius 2 is 1.54 bits per heavy atom. The average Bonchev–Trinajstić information content (AvgIpc) is 2.61. The van der Waals surface area contributed by atoms with Gasteiger partial charge in [-0.15, -0.1) is 0 Å². The van der Waals surface area contributed by atoms with Crippen molar-refractivity contribution in [3.63, 3.8) is 0 Å². The van der Waals surface area contributed by atoms with E-state index in [4.69, 9.17) is 19.5 Å². The SMILES string of the molecule is CCOP(=O)(OCC)[C@H](N)c1ccc(OCc2ccccc2)cc1. The molecule has 2 aromatic carbocycles. The first-order valence-corrected chi connectivity index (χ1v) is 9.61. The van der Waals surface area contributed by atoms with Crippen molar-refractivity contribution in [3.8, 4) is 5.75 Å². The topological polar surface area (TPSA) is 70.8 Å². The molecule has 5 nitrogen and oxygen atoms in total. The van der Waals surface area contributed by atoms with Crippen LogP contribution in [0.2, 0.25) is 0 Å². The number of rotatable bonds is 9. The van der Waals surface area contributed by atoms with Gasteiger partial charge in [-0.05, 0) is 37.1 Å². The summed E-state index contributed by atoms with van der Waals surface area (Å²) in [6.45, 7) is 4.58. The van der Waals surface area contributed by atoms with Gasteiger partial charge >= 0.3 is 7.60 Å². The highest BCUT2D eigenvalue weighted by molar-refractivity contribution is 7.54. The average molecular weight is 349 g/mol. The molecule has 0 heterocycles. The maximum atomic E-state index is 12.7. The van der Waals surface area contributed by atoms with Crippen molar-refractivity contribution < 1.29 is 18.3 Å². The van der Waals surface area contributed by atoms with Gasteiger partial charge < -0.3 is 19.5 Å². The lowest BCUT2D eigenvalue weighted by atomic mass is 10.2. The summed E-state index contributed by atoms with van der Waals surface area (Å²) in [5, 5.41) is 0. The highest BCUT2D eigenvalue weighted by Gasteiger charge is 2.33. The first-order chi connectivity index (χ1) is 11.6. The fraction of sp³-hybridized carbons (Fsp3) is 0.333. The smallest absolute Gasteiger partial charge is 0.351 e. The molecule has 0 saturated carbocycles. The molecule has 2 N–H and O–H groups in total. The van der Waals surface area contributed by atoms with Crippen LogP contribution in [0, 0.1) is 0 Å². The van der Waals surface area contributed by atoms with Gasteiger partial charge in [0, 0.05) is 0 Å². The van der Waals surface area contributed by atoms with E-state index >= 15 is 0 Å². The minimum absolute atomic E-state index is 0.281. The molecule has 0 aromatic heterocycles. The second-order valence-corrected chi connectivity index (χ2v) is 7.32. The van der Waals surface area contributed by atoms with E-state index in [0.717, 1.165) is 11.3 Å². The van der Waals surface area contributed by atoms with Crippen LogP contribution < -0.4 is 10.5 Å². The van der Waals surface area contributed by atoms with Crippen molar-refractivity contribution >= 4 is 7.60 Å². The summed E-state index contributed by atoms with van der Waals surface area (Å²) < 4.78 is 29.0. The zero-order valence-electron chi connectivity index (χ0n) is 14.1. The third kappa shape index (κ3) is 4.92. The zero-order valence-corrected chi connectivity index (χ0v) is 14.9. The van der Waals surface area contributed by atoms with E-state index in [1.807, 2.05) is 30.3 Å². The molecule has 1 atom stereocenters.